The smallest absolute Gasteiger partial charge is 0.331 e. The van der Waals surface area contributed by atoms with Gasteiger partial charge >= 0.3 is 12.0 Å². The maximum Gasteiger partial charge on any atom is 0.331 e. The van der Waals surface area contributed by atoms with E-state index < -0.39 is 12.0 Å². The molecule has 0 aromatic heterocycles. The van der Waals surface area contributed by atoms with Crippen LogP contribution in [0.1, 0.15) is 17.2 Å². The highest BCUT2D eigenvalue weighted by Gasteiger charge is 2.35. The minimum absolute atomic E-state index is 0.323. The highest BCUT2D eigenvalue weighted by Crippen LogP contribution is 2.29. The first-order chi connectivity index (χ1) is 9.15. The number of hydrogen-bond acceptors (Lipinski definition) is 2. The Labute approximate surface area is 111 Å². The summed E-state index contributed by atoms with van der Waals surface area (Å²) in [5, 5.41) is 12.0. The summed E-state index contributed by atoms with van der Waals surface area (Å²) < 4.78 is 0. The highest BCUT2D eigenvalue weighted by atomic mass is 16.4. The molecule has 100 valence electrons. The summed E-state index contributed by atoms with van der Waals surface area (Å²) in [5.74, 6) is -1.01. The van der Waals surface area contributed by atoms with Gasteiger partial charge in [-0.3, -0.25) is 0 Å². The molecule has 2 N–H and O–H groups in total. The molecule has 1 aromatic carbocycles. The van der Waals surface area contributed by atoms with Gasteiger partial charge in [0.1, 0.15) is 0 Å². The Kier molecular flexibility index (Phi) is 3.85. The van der Waals surface area contributed by atoms with E-state index in [2.05, 4.69) is 11.9 Å². The molecule has 0 aliphatic carbocycles. The van der Waals surface area contributed by atoms with E-state index in [4.69, 9.17) is 0 Å². The average molecular weight is 260 g/mol. The van der Waals surface area contributed by atoms with Gasteiger partial charge in [0.2, 0.25) is 0 Å². The Hall–Kier alpha value is -2.30. The first-order valence-corrected chi connectivity index (χ1v) is 6.11. The van der Waals surface area contributed by atoms with Gasteiger partial charge in [-0.2, -0.15) is 0 Å². The zero-order chi connectivity index (χ0) is 13.8. The number of carboxylic acids is 1. The molecule has 2 rings (SSSR count). The van der Waals surface area contributed by atoms with Gasteiger partial charge in [0.15, 0.2) is 6.04 Å². The lowest BCUT2D eigenvalue weighted by Crippen LogP contribution is -2.48. The lowest BCUT2D eigenvalue weighted by Gasteiger charge is -2.34. The third-order valence-corrected chi connectivity index (χ3v) is 3.18. The van der Waals surface area contributed by atoms with E-state index in [0.717, 1.165) is 5.56 Å². The largest absolute Gasteiger partial charge is 0.479 e. The molecule has 2 amide bonds. The minimum atomic E-state index is -1.01. The molecular formula is C14H16N2O3. The molecule has 5 nitrogen and oxygen atoms in total. The fraction of sp³-hybridized carbons (Fsp3) is 0.286. The van der Waals surface area contributed by atoms with Crippen molar-refractivity contribution in [1.29, 1.82) is 0 Å². The SMILES string of the molecule is C=CCNC(=O)N1CCc2ccccc2C1C(=O)O. The predicted octanol–water partition coefficient (Wildman–Crippen LogP) is 1.57. The van der Waals surface area contributed by atoms with E-state index in [9.17, 15) is 14.7 Å². The molecule has 0 saturated carbocycles. The summed E-state index contributed by atoms with van der Waals surface area (Å²) in [4.78, 5) is 24.8. The first-order valence-electron chi connectivity index (χ1n) is 6.11. The number of fused-ring (bicyclic) bond motifs is 1. The molecule has 1 aliphatic heterocycles. The number of carboxylic acid groups (broad SMARTS) is 1. The zero-order valence-electron chi connectivity index (χ0n) is 10.5. The van der Waals surface area contributed by atoms with Crippen molar-refractivity contribution >= 4 is 12.0 Å². The second-order valence-electron chi connectivity index (χ2n) is 4.36. The maximum absolute atomic E-state index is 12.0. The molecule has 0 saturated heterocycles. The molecule has 1 heterocycles. The number of carbonyl (C=O) groups excluding carboxylic acids is 1. The number of rotatable bonds is 3. The van der Waals surface area contributed by atoms with Gasteiger partial charge in [0.05, 0.1) is 0 Å². The van der Waals surface area contributed by atoms with Crippen molar-refractivity contribution in [3.05, 3.63) is 48.0 Å². The third kappa shape index (κ3) is 2.59. The van der Waals surface area contributed by atoms with Crippen LogP contribution in [0, 0.1) is 0 Å². The second-order valence-corrected chi connectivity index (χ2v) is 4.36. The molecule has 0 bridgehead atoms. The van der Waals surface area contributed by atoms with Crippen molar-refractivity contribution < 1.29 is 14.7 Å². The molecule has 0 spiro atoms. The number of aliphatic carboxylic acids is 1. The number of nitrogens with zero attached hydrogens (tertiary/aromatic N) is 1. The van der Waals surface area contributed by atoms with Crippen LogP contribution < -0.4 is 5.32 Å². The fourth-order valence-electron chi connectivity index (χ4n) is 2.31. The van der Waals surface area contributed by atoms with Gasteiger partial charge in [-0.1, -0.05) is 30.3 Å². The Morgan fingerprint density at radius 3 is 2.89 bits per heavy atom. The number of hydrogen-bond donors (Lipinski definition) is 2. The molecule has 1 aromatic rings. The van der Waals surface area contributed by atoms with Crippen molar-refractivity contribution in [3.63, 3.8) is 0 Å². The van der Waals surface area contributed by atoms with Crippen LogP contribution in [0.5, 0.6) is 0 Å². The molecule has 0 fully saturated rings. The summed E-state index contributed by atoms with van der Waals surface area (Å²) in [6.07, 6.45) is 2.23. The van der Waals surface area contributed by atoms with Crippen LogP contribution in [-0.4, -0.2) is 35.1 Å². The van der Waals surface area contributed by atoms with Crippen molar-refractivity contribution in [3.8, 4) is 0 Å². The maximum atomic E-state index is 12.0. The highest BCUT2D eigenvalue weighted by molar-refractivity contribution is 5.84. The van der Waals surface area contributed by atoms with E-state index >= 15 is 0 Å². The van der Waals surface area contributed by atoms with Gasteiger partial charge in [-0.15, -0.1) is 6.58 Å². The van der Waals surface area contributed by atoms with Crippen LogP contribution in [0.3, 0.4) is 0 Å². The number of amides is 2. The Morgan fingerprint density at radius 1 is 1.47 bits per heavy atom. The van der Waals surface area contributed by atoms with Gasteiger partial charge in [-0.25, -0.2) is 9.59 Å². The molecule has 1 atom stereocenters. The molecule has 1 aliphatic rings. The van der Waals surface area contributed by atoms with E-state index in [-0.39, 0.29) is 6.03 Å². The van der Waals surface area contributed by atoms with Gasteiger partial charge in [0, 0.05) is 13.1 Å². The topological polar surface area (TPSA) is 69.6 Å². The molecule has 5 heteroatoms. The summed E-state index contributed by atoms with van der Waals surface area (Å²) in [6, 6.07) is 6.05. The Balaban J connectivity index is 2.29. The monoisotopic (exact) mass is 260 g/mol. The lowest BCUT2D eigenvalue weighted by molar-refractivity contribution is -0.142. The van der Waals surface area contributed by atoms with Gasteiger partial charge < -0.3 is 15.3 Å². The predicted molar refractivity (Wildman–Crippen MR) is 70.8 cm³/mol. The van der Waals surface area contributed by atoms with E-state index in [0.29, 0.717) is 25.1 Å². The Bertz CT molecular complexity index is 513. The van der Waals surface area contributed by atoms with Crippen molar-refractivity contribution in [2.75, 3.05) is 13.1 Å². The lowest BCUT2D eigenvalue weighted by atomic mass is 9.93. The van der Waals surface area contributed by atoms with Crippen LogP contribution in [-0.2, 0) is 11.2 Å². The summed E-state index contributed by atoms with van der Waals surface area (Å²) in [6.45, 7) is 4.24. The van der Waals surface area contributed by atoms with Crippen LogP contribution in [0.4, 0.5) is 4.79 Å². The van der Waals surface area contributed by atoms with Crippen molar-refractivity contribution in [1.82, 2.24) is 10.2 Å². The standard InChI is InChI=1S/C14H16N2O3/c1-2-8-15-14(19)16-9-7-10-5-3-4-6-11(10)12(16)13(17)18/h2-6,12H,1,7-9H2,(H,15,19)(H,17,18). The van der Waals surface area contributed by atoms with E-state index in [1.165, 1.54) is 4.90 Å². The van der Waals surface area contributed by atoms with Crippen molar-refractivity contribution in [2.24, 2.45) is 0 Å². The van der Waals surface area contributed by atoms with Crippen molar-refractivity contribution in [2.45, 2.75) is 12.5 Å². The van der Waals surface area contributed by atoms with Crippen LogP contribution in [0.15, 0.2) is 36.9 Å². The minimum Gasteiger partial charge on any atom is -0.479 e. The van der Waals surface area contributed by atoms with E-state index in [1.807, 2.05) is 12.1 Å². The summed E-state index contributed by atoms with van der Waals surface area (Å²) in [5.41, 5.74) is 1.68. The quantitative estimate of drug-likeness (QED) is 0.810. The number of urea groups is 1. The number of carbonyl (C=O) groups is 2. The van der Waals surface area contributed by atoms with Crippen LogP contribution >= 0.6 is 0 Å². The fourth-order valence-corrected chi connectivity index (χ4v) is 2.31. The number of benzene rings is 1. The van der Waals surface area contributed by atoms with E-state index in [1.54, 1.807) is 18.2 Å². The third-order valence-electron chi connectivity index (χ3n) is 3.18. The normalized spacial score (nSPS) is 17.5. The molecule has 1 unspecified atom stereocenters. The Morgan fingerprint density at radius 2 is 2.21 bits per heavy atom. The van der Waals surface area contributed by atoms with Gasteiger partial charge in [0.25, 0.3) is 0 Å². The zero-order valence-corrected chi connectivity index (χ0v) is 10.5. The van der Waals surface area contributed by atoms with Crippen LogP contribution in [0.2, 0.25) is 0 Å². The van der Waals surface area contributed by atoms with Gasteiger partial charge in [-0.05, 0) is 17.5 Å². The molecule has 19 heavy (non-hydrogen) atoms. The molecule has 0 radical (unpaired) electrons. The average Bonchev–Trinajstić information content (AvgIpc) is 2.43. The first kappa shape index (κ1) is 13.1. The summed E-state index contributed by atoms with van der Waals surface area (Å²) >= 11 is 0. The molecular weight excluding hydrogens is 244 g/mol. The number of nitrogens with one attached hydrogen (secondary N) is 1. The van der Waals surface area contributed by atoms with Crippen LogP contribution in [0.25, 0.3) is 0 Å². The second kappa shape index (κ2) is 5.56. The summed E-state index contributed by atoms with van der Waals surface area (Å²) in [7, 11) is 0.